The van der Waals surface area contributed by atoms with Gasteiger partial charge in [-0.25, -0.2) is 0 Å². The lowest BCUT2D eigenvalue weighted by Crippen LogP contribution is -2.14. The van der Waals surface area contributed by atoms with Crippen molar-refractivity contribution in [2.75, 3.05) is 16.0 Å². The lowest BCUT2D eigenvalue weighted by atomic mass is 10.8. The van der Waals surface area contributed by atoms with Crippen LogP contribution in [0.5, 0.6) is 0 Å². The number of anilines is 3. The van der Waals surface area contributed by atoms with E-state index in [1.807, 2.05) is 16.0 Å². The molecule has 18 heavy (non-hydrogen) atoms. The van der Waals surface area contributed by atoms with Gasteiger partial charge in [0, 0.05) is 0 Å². The number of nitrogens with one attached hydrogen (secondary N) is 3. The number of carbonyl (C=O) groups is 3. The predicted molar refractivity (Wildman–Crippen MR) is 64.4 cm³/mol. The van der Waals surface area contributed by atoms with Crippen molar-refractivity contribution in [2.45, 2.75) is 0 Å². The van der Waals surface area contributed by atoms with Crippen LogP contribution in [-0.4, -0.2) is 31.1 Å². The first-order valence-electron chi connectivity index (χ1n) is 4.02. The van der Waals surface area contributed by atoms with Crippen LogP contribution >= 0.6 is 34.8 Å². The van der Waals surface area contributed by atoms with E-state index in [1.54, 1.807) is 0 Å². The molecular formula is C6H3Cl3N6O3. The van der Waals surface area contributed by atoms with Gasteiger partial charge < -0.3 is 0 Å². The first-order valence-corrected chi connectivity index (χ1v) is 5.15. The number of hydrogen-bond acceptors (Lipinski definition) is 6. The Labute approximate surface area is 114 Å². The minimum atomic E-state index is -0.979. The molecule has 0 fully saturated rings. The van der Waals surface area contributed by atoms with Crippen molar-refractivity contribution in [3.05, 3.63) is 0 Å². The molecule has 96 valence electrons. The summed E-state index contributed by atoms with van der Waals surface area (Å²) < 4.78 is 0. The topological polar surface area (TPSA) is 126 Å². The molecule has 0 radical (unpaired) electrons. The number of rotatable bonds is 3. The molecule has 3 N–H and O–H groups in total. The molecule has 1 aromatic heterocycles. The van der Waals surface area contributed by atoms with Crippen molar-refractivity contribution >= 4 is 68.7 Å². The Morgan fingerprint density at radius 2 is 0.889 bits per heavy atom. The van der Waals surface area contributed by atoms with Crippen LogP contribution < -0.4 is 16.0 Å². The molecule has 0 bridgehead atoms. The number of amides is 3. The molecule has 1 aromatic rings. The molecule has 0 unspecified atom stereocenters. The highest BCUT2D eigenvalue weighted by molar-refractivity contribution is 6.66. The smallest absolute Gasteiger partial charge is 0.281 e. The highest BCUT2D eigenvalue weighted by Crippen LogP contribution is 2.11. The van der Waals surface area contributed by atoms with Gasteiger partial charge in [-0.3, -0.25) is 30.3 Å². The second-order valence-corrected chi connectivity index (χ2v) is 3.53. The third-order valence-corrected chi connectivity index (χ3v) is 1.55. The molecule has 12 heteroatoms. The zero-order valence-electron chi connectivity index (χ0n) is 8.20. The molecule has 0 aliphatic heterocycles. The van der Waals surface area contributed by atoms with Crippen molar-refractivity contribution in [2.24, 2.45) is 0 Å². The Hall–Kier alpha value is -1.71. The summed E-state index contributed by atoms with van der Waals surface area (Å²) in [5.74, 6) is -0.942. The van der Waals surface area contributed by atoms with Crippen LogP contribution in [0.3, 0.4) is 0 Å². The van der Waals surface area contributed by atoms with Crippen molar-refractivity contribution < 1.29 is 14.4 Å². The number of halogens is 3. The Kier molecular flexibility index (Phi) is 5.01. The molecule has 0 aliphatic carbocycles. The summed E-state index contributed by atoms with van der Waals surface area (Å²) >= 11 is 15.2. The van der Waals surface area contributed by atoms with Crippen LogP contribution in [0.15, 0.2) is 0 Å². The van der Waals surface area contributed by atoms with Gasteiger partial charge in [-0.2, -0.15) is 15.0 Å². The fourth-order valence-corrected chi connectivity index (χ4v) is 1.06. The molecule has 9 nitrogen and oxygen atoms in total. The first-order chi connectivity index (χ1) is 8.36. The Balaban J connectivity index is 3.06. The largest absolute Gasteiger partial charge is 0.320 e. The minimum absolute atomic E-state index is 0.314. The monoisotopic (exact) mass is 312 g/mol. The van der Waals surface area contributed by atoms with Crippen LogP contribution in [0.4, 0.5) is 32.2 Å². The maximum absolute atomic E-state index is 10.6. The highest BCUT2D eigenvalue weighted by Gasteiger charge is 2.11. The Morgan fingerprint density at radius 1 is 0.667 bits per heavy atom. The van der Waals surface area contributed by atoms with Gasteiger partial charge in [-0.05, 0) is 34.8 Å². The maximum atomic E-state index is 10.6. The number of hydrogen-bond donors (Lipinski definition) is 3. The van der Waals surface area contributed by atoms with Crippen molar-refractivity contribution in [3.8, 4) is 0 Å². The fourth-order valence-electron chi connectivity index (χ4n) is 0.807. The summed E-state index contributed by atoms with van der Waals surface area (Å²) in [5, 5.41) is 3.09. The third kappa shape index (κ3) is 5.08. The van der Waals surface area contributed by atoms with Crippen LogP contribution in [0.1, 0.15) is 0 Å². The molecule has 0 atom stereocenters. The average molecular weight is 313 g/mol. The summed E-state index contributed by atoms with van der Waals surface area (Å²) in [6, 6.07) is 0. The number of carbonyl (C=O) groups excluding carboxylic acids is 3. The van der Waals surface area contributed by atoms with Gasteiger partial charge in [0.2, 0.25) is 17.8 Å². The van der Waals surface area contributed by atoms with Crippen LogP contribution in [0.25, 0.3) is 0 Å². The molecule has 0 aliphatic rings. The van der Waals surface area contributed by atoms with Crippen molar-refractivity contribution in [1.29, 1.82) is 0 Å². The van der Waals surface area contributed by atoms with E-state index in [0.29, 0.717) is 0 Å². The second-order valence-electron chi connectivity index (χ2n) is 2.50. The van der Waals surface area contributed by atoms with Crippen molar-refractivity contribution in [3.63, 3.8) is 0 Å². The van der Waals surface area contributed by atoms with Gasteiger partial charge in [0.15, 0.2) is 0 Å². The van der Waals surface area contributed by atoms with Gasteiger partial charge in [0.1, 0.15) is 0 Å². The molecule has 0 saturated heterocycles. The minimum Gasteiger partial charge on any atom is -0.281 e. The molecule has 3 amide bonds. The van der Waals surface area contributed by atoms with E-state index in [0.717, 1.165) is 0 Å². The predicted octanol–water partition coefficient (Wildman–Crippen LogP) is 2.18. The van der Waals surface area contributed by atoms with E-state index in [2.05, 4.69) is 15.0 Å². The van der Waals surface area contributed by atoms with Crippen LogP contribution in [-0.2, 0) is 0 Å². The zero-order chi connectivity index (χ0) is 13.7. The number of aromatic nitrogens is 3. The van der Waals surface area contributed by atoms with Gasteiger partial charge in [-0.15, -0.1) is 0 Å². The molecular weight excluding hydrogens is 310 g/mol. The number of nitrogens with zero attached hydrogens (tertiary/aromatic N) is 3. The lowest BCUT2D eigenvalue weighted by Gasteiger charge is -2.05. The van der Waals surface area contributed by atoms with Crippen LogP contribution in [0.2, 0.25) is 0 Å². The summed E-state index contributed by atoms with van der Waals surface area (Å²) in [6.45, 7) is 0. The van der Waals surface area contributed by atoms with Gasteiger partial charge in [0.05, 0.1) is 0 Å². The fraction of sp³-hybridized carbons (Fsp3) is 0. The summed E-state index contributed by atoms with van der Waals surface area (Å²) in [7, 11) is 0. The van der Waals surface area contributed by atoms with Gasteiger partial charge >= 0.3 is 16.1 Å². The van der Waals surface area contributed by atoms with Crippen LogP contribution in [0, 0.1) is 0 Å². The van der Waals surface area contributed by atoms with Gasteiger partial charge in [-0.1, -0.05) is 0 Å². The normalized spacial score (nSPS) is 9.50. The molecule has 0 spiro atoms. The van der Waals surface area contributed by atoms with Gasteiger partial charge in [0.25, 0.3) is 0 Å². The third-order valence-electron chi connectivity index (χ3n) is 1.27. The van der Waals surface area contributed by atoms with E-state index in [4.69, 9.17) is 34.8 Å². The van der Waals surface area contributed by atoms with E-state index in [-0.39, 0.29) is 17.8 Å². The molecule has 0 aromatic carbocycles. The standard InChI is InChI=1S/C6H3Cl3N6O3/c7-1(16)10-4-13-5(11-2(8)17)15-6(14-4)12-3(9)18/h(H3,10,11,12,13,14,15,16,17,18). The van der Waals surface area contributed by atoms with Crippen molar-refractivity contribution in [1.82, 2.24) is 15.0 Å². The molecule has 1 rings (SSSR count). The maximum Gasteiger partial charge on any atom is 0.320 e. The summed E-state index contributed by atoms with van der Waals surface area (Å²) in [5.41, 5.74) is 0. The summed E-state index contributed by atoms with van der Waals surface area (Å²) in [6.07, 6.45) is 0. The average Bonchev–Trinajstić information content (AvgIpc) is 2.12. The highest BCUT2D eigenvalue weighted by atomic mass is 35.5. The SMILES string of the molecule is O=C(Cl)Nc1nc(NC(=O)Cl)nc(NC(=O)Cl)n1. The van der Waals surface area contributed by atoms with E-state index in [9.17, 15) is 14.4 Å². The van der Waals surface area contributed by atoms with E-state index < -0.39 is 16.1 Å². The zero-order valence-corrected chi connectivity index (χ0v) is 10.5. The first kappa shape index (κ1) is 14.4. The summed E-state index contributed by atoms with van der Waals surface area (Å²) in [4.78, 5) is 42.5. The van der Waals surface area contributed by atoms with E-state index in [1.165, 1.54) is 0 Å². The Morgan fingerprint density at radius 3 is 1.06 bits per heavy atom. The molecule has 0 saturated carbocycles. The second kappa shape index (κ2) is 6.28. The van der Waals surface area contributed by atoms with E-state index >= 15 is 0 Å². The lowest BCUT2D eigenvalue weighted by molar-refractivity contribution is 0.268. The molecule has 1 heterocycles. The quantitative estimate of drug-likeness (QED) is 0.580. The Bertz CT molecular complexity index is 426.